The molecule has 2 heterocycles. The molecular formula is C23H23BN4O2. The molecule has 0 amide bonds. The molecule has 30 heavy (non-hydrogen) atoms. The number of para-hydroxylation sites is 1. The van der Waals surface area contributed by atoms with E-state index in [1.54, 1.807) is 6.07 Å². The fraction of sp³-hybridized carbons (Fsp3) is 0.217. The number of rotatable bonds is 5. The summed E-state index contributed by atoms with van der Waals surface area (Å²) in [4.78, 5) is 13.1. The first-order chi connectivity index (χ1) is 14.6. The molecule has 4 N–H and O–H groups in total. The van der Waals surface area contributed by atoms with Crippen LogP contribution < -0.4 is 10.8 Å². The Kier molecular flexibility index (Phi) is 4.77. The molecule has 0 spiro atoms. The van der Waals surface area contributed by atoms with E-state index in [1.807, 2.05) is 37.3 Å². The fourth-order valence-electron chi connectivity index (χ4n) is 4.35. The SMILES string of the molecule is Cc1[nH]c2c(B(O)O)cccc2c1-c1nc2c(c(NCc3ccccc3)n1)CCC2. The molecule has 150 valence electrons. The highest BCUT2D eigenvalue weighted by Gasteiger charge is 2.24. The van der Waals surface area contributed by atoms with Gasteiger partial charge in [-0.3, -0.25) is 0 Å². The Morgan fingerprint density at radius 2 is 1.87 bits per heavy atom. The van der Waals surface area contributed by atoms with E-state index in [9.17, 15) is 10.0 Å². The minimum Gasteiger partial charge on any atom is -0.423 e. The standard InChI is InChI=1S/C23H23BN4O2/c1-14-20(17-10-5-11-18(24(29)30)21(17)26-14)23-27-19-12-6-9-16(19)22(28-23)25-13-15-7-3-2-4-8-15/h2-5,7-8,10-11,26,29-30H,6,9,12-13H2,1H3,(H,25,27,28). The van der Waals surface area contributed by atoms with Crippen LogP contribution in [0.15, 0.2) is 48.5 Å². The maximum Gasteiger partial charge on any atom is 0.490 e. The Labute approximate surface area is 175 Å². The van der Waals surface area contributed by atoms with Crippen molar-refractivity contribution in [3.8, 4) is 11.4 Å². The topological polar surface area (TPSA) is 94.1 Å². The van der Waals surface area contributed by atoms with Gasteiger partial charge in [-0.1, -0.05) is 48.5 Å². The Morgan fingerprint density at radius 3 is 2.67 bits per heavy atom. The summed E-state index contributed by atoms with van der Waals surface area (Å²) in [7, 11) is -1.54. The van der Waals surface area contributed by atoms with E-state index in [0.29, 0.717) is 23.3 Å². The average Bonchev–Trinajstić information content (AvgIpc) is 3.35. The van der Waals surface area contributed by atoms with Gasteiger partial charge >= 0.3 is 7.12 Å². The normalized spacial score (nSPS) is 12.9. The zero-order valence-electron chi connectivity index (χ0n) is 16.8. The molecule has 0 aliphatic heterocycles. The van der Waals surface area contributed by atoms with E-state index in [2.05, 4.69) is 22.4 Å². The number of benzene rings is 2. The average molecular weight is 398 g/mol. The van der Waals surface area contributed by atoms with E-state index in [-0.39, 0.29) is 0 Å². The van der Waals surface area contributed by atoms with Crippen molar-refractivity contribution in [2.75, 3.05) is 5.32 Å². The van der Waals surface area contributed by atoms with Gasteiger partial charge in [0.1, 0.15) is 5.82 Å². The molecule has 0 unspecified atom stereocenters. The molecule has 5 rings (SSSR count). The van der Waals surface area contributed by atoms with Gasteiger partial charge in [-0.25, -0.2) is 9.97 Å². The van der Waals surface area contributed by atoms with Crippen LogP contribution in [0.4, 0.5) is 5.82 Å². The van der Waals surface area contributed by atoms with Gasteiger partial charge in [-0.05, 0) is 31.7 Å². The molecule has 0 bridgehead atoms. The number of aromatic amines is 1. The number of hydrogen-bond donors (Lipinski definition) is 4. The Balaban J connectivity index is 1.60. The molecule has 1 aliphatic rings. The summed E-state index contributed by atoms with van der Waals surface area (Å²) in [5.41, 5.74) is 6.49. The lowest BCUT2D eigenvalue weighted by Gasteiger charge is -2.13. The third kappa shape index (κ3) is 3.26. The van der Waals surface area contributed by atoms with Gasteiger partial charge in [0.2, 0.25) is 0 Å². The Morgan fingerprint density at radius 1 is 1.03 bits per heavy atom. The second kappa shape index (κ2) is 7.59. The van der Waals surface area contributed by atoms with Crippen LogP contribution >= 0.6 is 0 Å². The molecule has 0 atom stereocenters. The highest BCUT2D eigenvalue weighted by atomic mass is 16.4. The quantitative estimate of drug-likeness (QED) is 0.388. The zero-order chi connectivity index (χ0) is 20.7. The molecule has 0 saturated carbocycles. The molecule has 6 nitrogen and oxygen atoms in total. The van der Waals surface area contributed by atoms with Gasteiger partial charge in [0, 0.05) is 45.4 Å². The van der Waals surface area contributed by atoms with Crippen molar-refractivity contribution in [1.29, 1.82) is 0 Å². The molecule has 0 fully saturated rings. The lowest BCUT2D eigenvalue weighted by Crippen LogP contribution is -2.30. The van der Waals surface area contributed by atoms with E-state index in [0.717, 1.165) is 47.4 Å². The van der Waals surface area contributed by atoms with Crippen molar-refractivity contribution < 1.29 is 10.0 Å². The van der Waals surface area contributed by atoms with Crippen LogP contribution in [0.3, 0.4) is 0 Å². The highest BCUT2D eigenvalue weighted by molar-refractivity contribution is 6.61. The van der Waals surface area contributed by atoms with Crippen molar-refractivity contribution in [3.63, 3.8) is 0 Å². The van der Waals surface area contributed by atoms with Crippen LogP contribution in [0.1, 0.15) is 28.9 Å². The van der Waals surface area contributed by atoms with Gasteiger partial charge in [0.05, 0.1) is 0 Å². The number of fused-ring (bicyclic) bond motifs is 2. The monoisotopic (exact) mass is 398 g/mol. The van der Waals surface area contributed by atoms with Crippen LogP contribution in [-0.2, 0) is 19.4 Å². The third-order valence-corrected chi connectivity index (χ3v) is 5.79. The number of nitrogens with zero attached hydrogens (tertiary/aromatic N) is 2. The van der Waals surface area contributed by atoms with Crippen molar-refractivity contribution in [2.24, 2.45) is 0 Å². The lowest BCUT2D eigenvalue weighted by molar-refractivity contribution is 0.426. The molecule has 2 aromatic carbocycles. The van der Waals surface area contributed by atoms with Crippen molar-refractivity contribution in [3.05, 3.63) is 71.0 Å². The number of anilines is 1. The van der Waals surface area contributed by atoms with Gasteiger partial charge in [-0.15, -0.1) is 0 Å². The minimum absolute atomic E-state index is 0.449. The molecule has 4 aromatic rings. The summed E-state index contributed by atoms with van der Waals surface area (Å²) in [6, 6.07) is 15.8. The van der Waals surface area contributed by atoms with Gasteiger partial charge in [0.15, 0.2) is 5.82 Å². The van der Waals surface area contributed by atoms with Gasteiger partial charge in [-0.2, -0.15) is 0 Å². The Hall–Kier alpha value is -3.16. The summed E-state index contributed by atoms with van der Waals surface area (Å²) < 4.78 is 0. The highest BCUT2D eigenvalue weighted by Crippen LogP contribution is 2.34. The molecule has 2 aromatic heterocycles. The molecule has 1 aliphatic carbocycles. The number of H-pyrrole nitrogens is 1. The van der Waals surface area contributed by atoms with Crippen LogP contribution in [0, 0.1) is 6.92 Å². The minimum atomic E-state index is -1.54. The van der Waals surface area contributed by atoms with E-state index >= 15 is 0 Å². The van der Waals surface area contributed by atoms with E-state index in [4.69, 9.17) is 9.97 Å². The van der Waals surface area contributed by atoms with Crippen LogP contribution in [0.2, 0.25) is 0 Å². The van der Waals surface area contributed by atoms with Gasteiger partial charge < -0.3 is 20.3 Å². The van der Waals surface area contributed by atoms with Crippen molar-refractivity contribution in [2.45, 2.75) is 32.7 Å². The van der Waals surface area contributed by atoms with Crippen molar-refractivity contribution in [1.82, 2.24) is 15.0 Å². The predicted octanol–water partition coefficient (Wildman–Crippen LogP) is 2.71. The maximum atomic E-state index is 9.74. The van der Waals surface area contributed by atoms with Crippen molar-refractivity contribution >= 4 is 29.3 Å². The van der Waals surface area contributed by atoms with E-state index < -0.39 is 7.12 Å². The first-order valence-corrected chi connectivity index (χ1v) is 10.3. The smallest absolute Gasteiger partial charge is 0.423 e. The molecule has 0 radical (unpaired) electrons. The fourth-order valence-corrected chi connectivity index (χ4v) is 4.35. The second-order valence-corrected chi connectivity index (χ2v) is 7.78. The van der Waals surface area contributed by atoms with Crippen LogP contribution in [0.5, 0.6) is 0 Å². The maximum absolute atomic E-state index is 9.74. The molecule has 7 heteroatoms. The third-order valence-electron chi connectivity index (χ3n) is 5.79. The number of nitrogens with one attached hydrogen (secondary N) is 2. The van der Waals surface area contributed by atoms with Gasteiger partial charge in [0.25, 0.3) is 0 Å². The predicted molar refractivity (Wildman–Crippen MR) is 120 cm³/mol. The summed E-state index contributed by atoms with van der Waals surface area (Å²) >= 11 is 0. The number of aryl methyl sites for hydroxylation is 2. The summed E-state index contributed by atoms with van der Waals surface area (Å²) in [5, 5.41) is 23.9. The summed E-state index contributed by atoms with van der Waals surface area (Å²) in [5.74, 6) is 1.56. The van der Waals surface area contributed by atoms with Crippen LogP contribution in [0.25, 0.3) is 22.3 Å². The first-order valence-electron chi connectivity index (χ1n) is 10.3. The number of aromatic nitrogens is 3. The lowest BCUT2D eigenvalue weighted by atomic mass is 9.79. The first kappa shape index (κ1) is 18.8. The summed E-state index contributed by atoms with van der Waals surface area (Å²) in [6.45, 7) is 2.67. The Bertz CT molecular complexity index is 1220. The largest absolute Gasteiger partial charge is 0.490 e. The molecule has 0 saturated heterocycles. The number of hydrogen-bond acceptors (Lipinski definition) is 5. The summed E-state index contributed by atoms with van der Waals surface area (Å²) in [6.07, 6.45) is 3.02. The zero-order valence-corrected chi connectivity index (χ0v) is 16.8. The molecular weight excluding hydrogens is 375 g/mol. The van der Waals surface area contributed by atoms with Crippen LogP contribution in [-0.4, -0.2) is 32.1 Å². The second-order valence-electron chi connectivity index (χ2n) is 7.78. The van der Waals surface area contributed by atoms with E-state index in [1.165, 1.54) is 11.1 Å².